The number of halogens is 4. The van der Waals surface area contributed by atoms with Gasteiger partial charge in [0.15, 0.2) is 0 Å². The summed E-state index contributed by atoms with van der Waals surface area (Å²) < 4.78 is 37.6. The Kier molecular flexibility index (Phi) is 4.34. The van der Waals surface area contributed by atoms with Gasteiger partial charge in [-0.25, -0.2) is 0 Å². The number of nitrogens with one attached hydrogen (secondary N) is 1. The van der Waals surface area contributed by atoms with E-state index < -0.39 is 11.7 Å². The van der Waals surface area contributed by atoms with Crippen LogP contribution in [-0.2, 0) is 6.18 Å². The van der Waals surface area contributed by atoms with Crippen molar-refractivity contribution in [3.63, 3.8) is 0 Å². The third-order valence-corrected chi connectivity index (χ3v) is 3.11. The molecule has 1 aromatic carbocycles. The first-order chi connectivity index (χ1) is 9.77. The fourth-order valence-electron chi connectivity index (χ4n) is 1.56. The van der Waals surface area contributed by atoms with Gasteiger partial charge in [0.2, 0.25) is 0 Å². The summed E-state index contributed by atoms with van der Waals surface area (Å²) in [5, 5.41) is 2.83. The predicted octanol–water partition coefficient (Wildman–Crippen LogP) is 4.13. The molecule has 110 valence electrons. The monoisotopic (exact) mass is 331 g/mol. The second-order valence-corrected chi connectivity index (χ2v) is 4.96. The Hall–Kier alpha value is -1.86. The first kappa shape index (κ1) is 15.5. The van der Waals surface area contributed by atoms with Crippen molar-refractivity contribution < 1.29 is 13.2 Å². The molecular weight excluding hydrogens is 323 g/mol. The van der Waals surface area contributed by atoms with E-state index in [-0.39, 0.29) is 10.0 Å². The lowest BCUT2D eigenvalue weighted by molar-refractivity contribution is -0.137. The minimum Gasteiger partial charge on any atom is -0.388 e. The standard InChI is InChI=1S/C13H9ClF3N3S/c14-9-5-7(13(15,16)17)1-3-10(9)20-8-2-4-11(12(18)21)19-6-8/h1-6,20H,(H2,18,21). The maximum Gasteiger partial charge on any atom is 0.416 e. The van der Waals surface area contributed by atoms with E-state index in [1.807, 2.05) is 0 Å². The van der Waals surface area contributed by atoms with Gasteiger partial charge in [0, 0.05) is 0 Å². The maximum atomic E-state index is 12.5. The lowest BCUT2D eigenvalue weighted by atomic mass is 10.2. The van der Waals surface area contributed by atoms with Crippen molar-refractivity contribution in [1.82, 2.24) is 4.98 Å². The zero-order valence-corrected chi connectivity index (χ0v) is 12.0. The average Bonchev–Trinajstić information content (AvgIpc) is 2.40. The Balaban J connectivity index is 2.22. The maximum absolute atomic E-state index is 12.5. The van der Waals surface area contributed by atoms with Crippen molar-refractivity contribution in [2.24, 2.45) is 5.73 Å². The third-order valence-electron chi connectivity index (χ3n) is 2.59. The molecule has 2 rings (SSSR count). The van der Waals surface area contributed by atoms with E-state index in [4.69, 9.17) is 29.6 Å². The average molecular weight is 332 g/mol. The van der Waals surface area contributed by atoms with Crippen molar-refractivity contribution in [2.45, 2.75) is 6.18 Å². The number of alkyl halides is 3. The van der Waals surface area contributed by atoms with E-state index in [1.165, 1.54) is 12.3 Å². The molecule has 0 atom stereocenters. The van der Waals surface area contributed by atoms with Gasteiger partial charge in [0.05, 0.1) is 33.9 Å². The van der Waals surface area contributed by atoms with Crippen LogP contribution in [0.4, 0.5) is 24.5 Å². The molecule has 0 saturated heterocycles. The van der Waals surface area contributed by atoms with Gasteiger partial charge in [0.1, 0.15) is 4.99 Å². The van der Waals surface area contributed by atoms with Gasteiger partial charge in [0.25, 0.3) is 0 Å². The second kappa shape index (κ2) is 5.87. The number of nitrogens with zero attached hydrogens (tertiary/aromatic N) is 1. The summed E-state index contributed by atoms with van der Waals surface area (Å²) >= 11 is 10.6. The highest BCUT2D eigenvalue weighted by Crippen LogP contribution is 2.34. The number of nitrogens with two attached hydrogens (primary N) is 1. The lowest BCUT2D eigenvalue weighted by Crippen LogP contribution is -2.11. The van der Waals surface area contributed by atoms with Crippen molar-refractivity contribution in [1.29, 1.82) is 0 Å². The van der Waals surface area contributed by atoms with Crippen LogP contribution in [0.5, 0.6) is 0 Å². The number of anilines is 2. The van der Waals surface area contributed by atoms with Crippen molar-refractivity contribution in [3.8, 4) is 0 Å². The van der Waals surface area contributed by atoms with Crippen LogP contribution < -0.4 is 11.1 Å². The Morgan fingerprint density at radius 3 is 2.43 bits per heavy atom. The van der Waals surface area contributed by atoms with Crippen LogP contribution in [0.3, 0.4) is 0 Å². The van der Waals surface area contributed by atoms with Gasteiger partial charge >= 0.3 is 6.18 Å². The van der Waals surface area contributed by atoms with Gasteiger partial charge in [-0.15, -0.1) is 0 Å². The van der Waals surface area contributed by atoms with E-state index in [0.29, 0.717) is 17.1 Å². The highest BCUT2D eigenvalue weighted by atomic mass is 35.5. The van der Waals surface area contributed by atoms with Crippen LogP contribution in [0.25, 0.3) is 0 Å². The number of rotatable bonds is 3. The first-order valence-electron chi connectivity index (χ1n) is 5.67. The summed E-state index contributed by atoms with van der Waals surface area (Å²) in [4.78, 5) is 4.17. The molecule has 0 unspecified atom stereocenters. The zero-order valence-electron chi connectivity index (χ0n) is 10.4. The van der Waals surface area contributed by atoms with Crippen LogP contribution in [0, 0.1) is 0 Å². The summed E-state index contributed by atoms with van der Waals surface area (Å²) in [6.07, 6.45) is -2.97. The molecule has 0 aliphatic heterocycles. The molecular formula is C13H9ClF3N3S. The molecule has 0 saturated carbocycles. The van der Waals surface area contributed by atoms with Crippen molar-refractivity contribution in [2.75, 3.05) is 5.32 Å². The van der Waals surface area contributed by atoms with E-state index in [2.05, 4.69) is 10.3 Å². The summed E-state index contributed by atoms with van der Waals surface area (Å²) in [7, 11) is 0. The summed E-state index contributed by atoms with van der Waals surface area (Å²) in [5.74, 6) is 0. The molecule has 2 aromatic rings. The summed E-state index contributed by atoms with van der Waals surface area (Å²) in [5.41, 5.74) is 5.96. The molecule has 0 amide bonds. The lowest BCUT2D eigenvalue weighted by Gasteiger charge is -2.11. The fraction of sp³-hybridized carbons (Fsp3) is 0.0769. The Morgan fingerprint density at radius 2 is 1.95 bits per heavy atom. The van der Waals surface area contributed by atoms with E-state index in [0.717, 1.165) is 12.1 Å². The van der Waals surface area contributed by atoms with Crippen molar-refractivity contribution >= 4 is 40.2 Å². The number of benzene rings is 1. The van der Waals surface area contributed by atoms with Gasteiger partial charge in [-0.1, -0.05) is 23.8 Å². The molecule has 3 N–H and O–H groups in total. The summed E-state index contributed by atoms with van der Waals surface area (Å²) in [6.45, 7) is 0. The molecule has 0 bridgehead atoms. The predicted molar refractivity (Wildman–Crippen MR) is 79.9 cm³/mol. The molecule has 1 aromatic heterocycles. The minimum absolute atomic E-state index is 0.0387. The topological polar surface area (TPSA) is 50.9 Å². The van der Waals surface area contributed by atoms with Gasteiger partial charge in [-0.3, -0.25) is 4.98 Å². The second-order valence-electron chi connectivity index (χ2n) is 4.11. The quantitative estimate of drug-likeness (QED) is 0.830. The van der Waals surface area contributed by atoms with Crippen LogP contribution in [0.15, 0.2) is 36.5 Å². The molecule has 0 spiro atoms. The van der Waals surface area contributed by atoms with E-state index >= 15 is 0 Å². The smallest absolute Gasteiger partial charge is 0.388 e. The van der Waals surface area contributed by atoms with Gasteiger partial charge in [-0.2, -0.15) is 13.2 Å². The normalized spacial score (nSPS) is 11.2. The molecule has 0 radical (unpaired) electrons. The Labute approximate surface area is 128 Å². The van der Waals surface area contributed by atoms with E-state index in [9.17, 15) is 13.2 Å². The van der Waals surface area contributed by atoms with Crippen LogP contribution in [0.2, 0.25) is 5.02 Å². The zero-order chi connectivity index (χ0) is 15.6. The number of hydrogen-bond donors (Lipinski definition) is 2. The molecule has 8 heteroatoms. The van der Waals surface area contributed by atoms with Crippen LogP contribution in [0.1, 0.15) is 11.3 Å². The minimum atomic E-state index is -4.43. The SMILES string of the molecule is NC(=S)c1ccc(Nc2ccc(C(F)(F)F)cc2Cl)cn1. The number of thiocarbonyl (C=S) groups is 1. The third kappa shape index (κ3) is 3.83. The number of pyridine rings is 1. The Bertz CT molecular complexity index is 671. The first-order valence-corrected chi connectivity index (χ1v) is 6.45. The number of aromatic nitrogens is 1. The van der Waals surface area contributed by atoms with Crippen LogP contribution in [-0.4, -0.2) is 9.97 Å². The molecule has 21 heavy (non-hydrogen) atoms. The molecule has 0 aliphatic carbocycles. The van der Waals surface area contributed by atoms with Crippen molar-refractivity contribution in [3.05, 3.63) is 52.8 Å². The van der Waals surface area contributed by atoms with Crippen LogP contribution >= 0.6 is 23.8 Å². The highest BCUT2D eigenvalue weighted by Gasteiger charge is 2.30. The summed E-state index contributed by atoms with van der Waals surface area (Å²) in [6, 6.07) is 6.32. The molecule has 1 heterocycles. The largest absolute Gasteiger partial charge is 0.416 e. The van der Waals surface area contributed by atoms with Gasteiger partial charge < -0.3 is 11.1 Å². The molecule has 3 nitrogen and oxygen atoms in total. The molecule has 0 fully saturated rings. The molecule has 0 aliphatic rings. The number of hydrogen-bond acceptors (Lipinski definition) is 3. The Morgan fingerprint density at radius 1 is 1.24 bits per heavy atom. The van der Waals surface area contributed by atoms with E-state index in [1.54, 1.807) is 12.1 Å². The fourth-order valence-corrected chi connectivity index (χ4v) is 1.91. The van der Waals surface area contributed by atoms with Gasteiger partial charge in [-0.05, 0) is 30.3 Å². The highest BCUT2D eigenvalue weighted by molar-refractivity contribution is 7.80.